The summed E-state index contributed by atoms with van der Waals surface area (Å²) in [5, 5.41) is 2.78. The van der Waals surface area contributed by atoms with Crippen molar-refractivity contribution in [1.29, 1.82) is 0 Å². The van der Waals surface area contributed by atoms with Crippen molar-refractivity contribution in [3.05, 3.63) is 29.8 Å². The number of halogens is 3. The molecular weight excluding hydrogens is 311 g/mol. The smallest absolute Gasteiger partial charge is 0.419 e. The molecule has 2 rings (SSSR count). The number of nitrogens with one attached hydrogen (secondary N) is 1. The molecule has 1 aliphatic rings. The predicted molar refractivity (Wildman–Crippen MR) is 78.1 cm³/mol. The Morgan fingerprint density at radius 3 is 2.65 bits per heavy atom. The Morgan fingerprint density at radius 1 is 1.35 bits per heavy atom. The van der Waals surface area contributed by atoms with Crippen molar-refractivity contribution < 1.29 is 27.4 Å². The molecule has 1 heterocycles. The molecule has 7 heteroatoms. The first-order valence-corrected chi connectivity index (χ1v) is 7.55. The summed E-state index contributed by atoms with van der Waals surface area (Å²) >= 11 is 0. The van der Waals surface area contributed by atoms with E-state index in [-0.39, 0.29) is 30.2 Å². The fourth-order valence-electron chi connectivity index (χ4n) is 2.40. The number of hydrogen-bond donors (Lipinski definition) is 1. The van der Waals surface area contributed by atoms with Gasteiger partial charge in [-0.15, -0.1) is 0 Å². The van der Waals surface area contributed by atoms with Crippen molar-refractivity contribution in [1.82, 2.24) is 5.32 Å². The largest absolute Gasteiger partial charge is 0.491 e. The van der Waals surface area contributed by atoms with Gasteiger partial charge in [0.05, 0.1) is 11.6 Å². The molecule has 4 nitrogen and oxygen atoms in total. The van der Waals surface area contributed by atoms with E-state index >= 15 is 0 Å². The number of para-hydroxylation sites is 1. The van der Waals surface area contributed by atoms with Gasteiger partial charge in [0.15, 0.2) is 0 Å². The zero-order valence-electron chi connectivity index (χ0n) is 12.9. The van der Waals surface area contributed by atoms with E-state index < -0.39 is 11.7 Å². The van der Waals surface area contributed by atoms with Gasteiger partial charge < -0.3 is 14.8 Å². The van der Waals surface area contributed by atoms with Crippen molar-refractivity contribution in [2.45, 2.75) is 32.0 Å². The second-order valence-electron chi connectivity index (χ2n) is 5.60. The standard InChI is InChI=1S/C16H20F3NO3/c1-11(20-15(21)12-6-8-22-9-7-12)10-23-14-5-3-2-4-13(14)16(17,18)19/h2-5,11-12H,6-10H2,1H3,(H,20,21). The summed E-state index contributed by atoms with van der Waals surface area (Å²) in [6.07, 6.45) is -3.14. The fraction of sp³-hybridized carbons (Fsp3) is 0.562. The number of carbonyl (C=O) groups excluding carboxylic acids is 1. The maximum atomic E-state index is 12.9. The van der Waals surface area contributed by atoms with Crippen LogP contribution >= 0.6 is 0 Å². The normalized spacial score (nSPS) is 17.6. The van der Waals surface area contributed by atoms with Crippen LogP contribution in [0.1, 0.15) is 25.3 Å². The van der Waals surface area contributed by atoms with Crippen LogP contribution in [-0.2, 0) is 15.7 Å². The molecule has 23 heavy (non-hydrogen) atoms. The summed E-state index contributed by atoms with van der Waals surface area (Å²) in [5.74, 6) is -0.436. The summed E-state index contributed by atoms with van der Waals surface area (Å²) in [7, 11) is 0. The van der Waals surface area contributed by atoms with Crippen molar-refractivity contribution in [2.75, 3.05) is 19.8 Å². The van der Waals surface area contributed by atoms with Gasteiger partial charge in [-0.1, -0.05) is 12.1 Å². The highest BCUT2D eigenvalue weighted by Gasteiger charge is 2.34. The number of rotatable bonds is 5. The van der Waals surface area contributed by atoms with Gasteiger partial charge >= 0.3 is 6.18 Å². The Bertz CT molecular complexity index is 528. The van der Waals surface area contributed by atoms with Crippen LogP contribution in [0.3, 0.4) is 0 Å². The molecular formula is C16H20F3NO3. The molecule has 1 aromatic rings. The molecule has 1 N–H and O–H groups in total. The van der Waals surface area contributed by atoms with Gasteiger partial charge in [0.2, 0.25) is 5.91 Å². The van der Waals surface area contributed by atoms with Gasteiger partial charge in [-0.2, -0.15) is 13.2 Å². The zero-order valence-corrected chi connectivity index (χ0v) is 12.9. The van der Waals surface area contributed by atoms with Crippen molar-refractivity contribution in [3.8, 4) is 5.75 Å². The lowest BCUT2D eigenvalue weighted by Gasteiger charge is -2.24. The Hall–Kier alpha value is -1.76. The lowest BCUT2D eigenvalue weighted by Crippen LogP contribution is -2.42. The molecule has 128 valence electrons. The summed E-state index contributed by atoms with van der Waals surface area (Å²) in [6.45, 7) is 2.79. The molecule has 1 aliphatic heterocycles. The van der Waals surface area contributed by atoms with Gasteiger partial charge in [-0.25, -0.2) is 0 Å². The van der Waals surface area contributed by atoms with E-state index in [4.69, 9.17) is 9.47 Å². The van der Waals surface area contributed by atoms with Gasteiger partial charge in [-0.3, -0.25) is 4.79 Å². The lowest BCUT2D eigenvalue weighted by molar-refractivity contribution is -0.139. The van der Waals surface area contributed by atoms with E-state index in [1.807, 2.05) is 0 Å². The van der Waals surface area contributed by atoms with Crippen molar-refractivity contribution >= 4 is 5.91 Å². The maximum Gasteiger partial charge on any atom is 0.419 e. The number of alkyl halides is 3. The quantitative estimate of drug-likeness (QED) is 0.902. The zero-order chi connectivity index (χ0) is 16.9. The van der Waals surface area contributed by atoms with Crippen LogP contribution in [0.15, 0.2) is 24.3 Å². The van der Waals surface area contributed by atoms with E-state index in [1.54, 1.807) is 6.92 Å². The first-order valence-electron chi connectivity index (χ1n) is 7.55. The van der Waals surface area contributed by atoms with Crippen LogP contribution in [0.2, 0.25) is 0 Å². The number of ether oxygens (including phenoxy) is 2. The number of hydrogen-bond acceptors (Lipinski definition) is 3. The molecule has 0 spiro atoms. The van der Waals surface area contributed by atoms with E-state index in [1.165, 1.54) is 18.2 Å². The van der Waals surface area contributed by atoms with Gasteiger partial charge in [-0.05, 0) is 31.9 Å². The Morgan fingerprint density at radius 2 is 2.00 bits per heavy atom. The van der Waals surface area contributed by atoms with E-state index in [0.717, 1.165) is 6.07 Å². The first-order chi connectivity index (χ1) is 10.9. The SMILES string of the molecule is CC(COc1ccccc1C(F)(F)F)NC(=O)C1CCOCC1. The van der Waals surface area contributed by atoms with Crippen LogP contribution in [0.5, 0.6) is 5.75 Å². The summed E-state index contributed by atoms with van der Waals surface area (Å²) in [6, 6.07) is 4.66. The predicted octanol–water partition coefficient (Wildman–Crippen LogP) is 3.02. The molecule has 0 bridgehead atoms. The summed E-state index contributed by atoms with van der Waals surface area (Å²) < 4.78 is 49.0. The van der Waals surface area contributed by atoms with Crippen molar-refractivity contribution in [3.63, 3.8) is 0 Å². The highest BCUT2D eigenvalue weighted by Crippen LogP contribution is 2.35. The van der Waals surface area contributed by atoms with Crippen LogP contribution in [-0.4, -0.2) is 31.8 Å². The lowest BCUT2D eigenvalue weighted by atomic mass is 9.99. The van der Waals surface area contributed by atoms with E-state index in [0.29, 0.717) is 26.1 Å². The third kappa shape index (κ3) is 5.13. The number of benzene rings is 1. The van der Waals surface area contributed by atoms with Crippen LogP contribution in [0.25, 0.3) is 0 Å². The summed E-state index contributed by atoms with van der Waals surface area (Å²) in [5.41, 5.74) is -0.817. The Labute approximate surface area is 133 Å². The maximum absolute atomic E-state index is 12.9. The molecule has 0 aliphatic carbocycles. The minimum Gasteiger partial charge on any atom is -0.491 e. The van der Waals surface area contributed by atoms with E-state index in [2.05, 4.69) is 5.32 Å². The van der Waals surface area contributed by atoms with Crippen LogP contribution < -0.4 is 10.1 Å². The van der Waals surface area contributed by atoms with Gasteiger partial charge in [0.1, 0.15) is 12.4 Å². The third-order valence-electron chi connectivity index (χ3n) is 3.66. The molecule has 1 aromatic carbocycles. The minimum absolute atomic E-state index is 0.0257. The van der Waals surface area contributed by atoms with Crippen LogP contribution in [0, 0.1) is 5.92 Å². The molecule has 1 fully saturated rings. The topological polar surface area (TPSA) is 47.6 Å². The van der Waals surface area contributed by atoms with Crippen LogP contribution in [0.4, 0.5) is 13.2 Å². The molecule has 0 aromatic heterocycles. The van der Waals surface area contributed by atoms with Crippen molar-refractivity contribution in [2.24, 2.45) is 5.92 Å². The second-order valence-corrected chi connectivity index (χ2v) is 5.60. The average Bonchev–Trinajstić information content (AvgIpc) is 2.53. The molecule has 1 unspecified atom stereocenters. The molecule has 0 radical (unpaired) electrons. The Balaban J connectivity index is 1.87. The monoisotopic (exact) mass is 331 g/mol. The average molecular weight is 331 g/mol. The fourth-order valence-corrected chi connectivity index (χ4v) is 2.40. The molecule has 1 saturated heterocycles. The second kappa shape index (κ2) is 7.68. The highest BCUT2D eigenvalue weighted by atomic mass is 19.4. The molecule has 1 amide bonds. The number of carbonyl (C=O) groups is 1. The molecule has 0 saturated carbocycles. The van der Waals surface area contributed by atoms with Gasteiger partial charge in [0.25, 0.3) is 0 Å². The number of amides is 1. The highest BCUT2D eigenvalue weighted by molar-refractivity contribution is 5.79. The first kappa shape index (κ1) is 17.6. The van der Waals surface area contributed by atoms with Gasteiger partial charge in [0, 0.05) is 19.1 Å². The Kier molecular flexibility index (Phi) is 5.87. The van der Waals surface area contributed by atoms with E-state index in [9.17, 15) is 18.0 Å². The third-order valence-corrected chi connectivity index (χ3v) is 3.66. The minimum atomic E-state index is -4.47. The summed E-state index contributed by atoms with van der Waals surface area (Å²) in [4.78, 5) is 12.0. The molecule has 1 atom stereocenters.